The van der Waals surface area contributed by atoms with Gasteiger partial charge in [0.05, 0.1) is 24.4 Å². The Kier molecular flexibility index (Phi) is 5.79. The number of halogens is 4. The van der Waals surface area contributed by atoms with Crippen molar-refractivity contribution in [3.8, 4) is 0 Å². The van der Waals surface area contributed by atoms with Crippen molar-refractivity contribution < 1.29 is 49.9 Å². The third kappa shape index (κ3) is 4.37. The molecule has 4 aliphatic rings. The summed E-state index contributed by atoms with van der Waals surface area (Å²) in [6.07, 6.45) is 2.13. The van der Waals surface area contributed by atoms with Crippen LogP contribution in [0.4, 0.5) is 17.6 Å². The molecule has 0 spiro atoms. The molecular weight excluding hydrogens is 436 g/mol. The average molecular weight is 459 g/mol. The van der Waals surface area contributed by atoms with E-state index in [1.807, 2.05) is 0 Å². The summed E-state index contributed by atoms with van der Waals surface area (Å²) < 4.78 is 94.2. The molecule has 0 amide bonds. The second-order valence-corrected chi connectivity index (χ2v) is 10.3. The summed E-state index contributed by atoms with van der Waals surface area (Å²) in [6.45, 7) is 1.81. The van der Waals surface area contributed by atoms with Crippen LogP contribution in [0.25, 0.3) is 0 Å². The van der Waals surface area contributed by atoms with Crippen molar-refractivity contribution in [3.05, 3.63) is 12.2 Å². The Labute approximate surface area is 171 Å². The number of rotatable bonds is 9. The van der Waals surface area contributed by atoms with Gasteiger partial charge in [0.15, 0.2) is 10.1 Å². The molecule has 0 aliphatic heterocycles. The van der Waals surface area contributed by atoms with Gasteiger partial charge in [-0.15, -0.1) is 0 Å². The molecular formula is C18H23F4O7S-. The first-order valence-electron chi connectivity index (χ1n) is 9.50. The lowest BCUT2D eigenvalue weighted by molar-refractivity contribution is -0.217. The molecule has 4 bridgehead atoms. The molecule has 2 unspecified atom stereocenters. The standard InChI is InChI=1S/C18H24F4O7S/c1-11(9-28-3-2-17(19,20)18(21,22)30(25,26)27)14(23)29-16-7-12-4-13(8-16)6-15(24,5-12)10-16/h12-13,24H,1-10H2,(H,25,26,27)/p-1. The zero-order valence-corrected chi connectivity index (χ0v) is 16.9. The van der Waals surface area contributed by atoms with E-state index < -0.39 is 58.1 Å². The normalized spacial score (nSPS) is 33.5. The summed E-state index contributed by atoms with van der Waals surface area (Å²) in [4.78, 5) is 12.3. The number of aliphatic hydroxyl groups is 1. The third-order valence-corrected chi connectivity index (χ3v) is 7.08. The van der Waals surface area contributed by atoms with E-state index >= 15 is 0 Å². The predicted molar refractivity (Wildman–Crippen MR) is 92.6 cm³/mol. The summed E-state index contributed by atoms with van der Waals surface area (Å²) in [5.74, 6) is -5.45. The number of alkyl halides is 4. The van der Waals surface area contributed by atoms with Gasteiger partial charge in [-0.3, -0.25) is 0 Å². The molecule has 4 aliphatic carbocycles. The smallest absolute Gasteiger partial charge is 0.396 e. The van der Waals surface area contributed by atoms with Crippen molar-refractivity contribution in [2.45, 2.75) is 67.3 Å². The molecule has 0 heterocycles. The van der Waals surface area contributed by atoms with E-state index in [4.69, 9.17) is 9.47 Å². The number of carbonyl (C=O) groups is 1. The van der Waals surface area contributed by atoms with Crippen molar-refractivity contribution in [2.24, 2.45) is 11.8 Å². The minimum absolute atomic E-state index is 0.232. The molecule has 0 aromatic heterocycles. The van der Waals surface area contributed by atoms with Gasteiger partial charge in [-0.25, -0.2) is 13.2 Å². The second kappa shape index (κ2) is 7.42. The van der Waals surface area contributed by atoms with Gasteiger partial charge >= 0.3 is 17.1 Å². The van der Waals surface area contributed by atoms with E-state index in [0.717, 1.165) is 6.42 Å². The van der Waals surface area contributed by atoms with Gasteiger partial charge in [0.2, 0.25) is 0 Å². The van der Waals surface area contributed by atoms with E-state index in [9.17, 15) is 40.4 Å². The highest BCUT2D eigenvalue weighted by Crippen LogP contribution is 2.59. The first kappa shape index (κ1) is 23.4. The van der Waals surface area contributed by atoms with Gasteiger partial charge in [0, 0.05) is 12.8 Å². The van der Waals surface area contributed by atoms with Crippen LogP contribution in [0.5, 0.6) is 0 Å². The SMILES string of the molecule is C=C(COCCC(F)(F)C(F)(F)S(=O)(=O)[O-])C(=O)OC12CC3CC(CC(O)(C3)C1)C2. The fourth-order valence-electron chi connectivity index (χ4n) is 5.30. The van der Waals surface area contributed by atoms with E-state index in [1.54, 1.807) is 0 Å². The van der Waals surface area contributed by atoms with E-state index in [1.165, 1.54) is 0 Å². The molecule has 12 heteroatoms. The number of carbonyl (C=O) groups excluding carboxylic acids is 1. The van der Waals surface area contributed by atoms with Gasteiger partial charge in [-0.1, -0.05) is 6.58 Å². The number of hydrogen-bond acceptors (Lipinski definition) is 7. The Morgan fingerprint density at radius 3 is 2.23 bits per heavy atom. The molecule has 4 rings (SSSR count). The summed E-state index contributed by atoms with van der Waals surface area (Å²) >= 11 is 0. The minimum Gasteiger partial charge on any atom is -0.743 e. The number of ether oxygens (including phenoxy) is 2. The Balaban J connectivity index is 1.49. The molecule has 172 valence electrons. The first-order chi connectivity index (χ1) is 13.6. The van der Waals surface area contributed by atoms with Crippen LogP contribution in [0, 0.1) is 11.8 Å². The molecule has 30 heavy (non-hydrogen) atoms. The third-order valence-electron chi connectivity index (χ3n) is 6.15. The molecule has 4 fully saturated rings. The van der Waals surface area contributed by atoms with Crippen molar-refractivity contribution in [1.82, 2.24) is 0 Å². The van der Waals surface area contributed by atoms with Gasteiger partial charge in [0.25, 0.3) is 0 Å². The lowest BCUT2D eigenvalue weighted by Gasteiger charge is -2.59. The van der Waals surface area contributed by atoms with Crippen LogP contribution in [-0.2, 0) is 24.4 Å². The van der Waals surface area contributed by atoms with Crippen LogP contribution < -0.4 is 0 Å². The number of esters is 1. The Morgan fingerprint density at radius 1 is 1.17 bits per heavy atom. The molecule has 0 aromatic carbocycles. The Hall–Kier alpha value is -1.24. The molecule has 2 atom stereocenters. The monoisotopic (exact) mass is 459 g/mol. The van der Waals surface area contributed by atoms with Gasteiger partial charge in [0.1, 0.15) is 5.60 Å². The molecule has 7 nitrogen and oxygen atoms in total. The maximum atomic E-state index is 13.4. The lowest BCUT2D eigenvalue weighted by Crippen LogP contribution is -2.60. The average Bonchev–Trinajstić information content (AvgIpc) is 2.54. The largest absolute Gasteiger partial charge is 0.743 e. The maximum Gasteiger partial charge on any atom is 0.396 e. The summed E-state index contributed by atoms with van der Waals surface area (Å²) in [6, 6.07) is 0. The van der Waals surface area contributed by atoms with Crippen LogP contribution in [0.1, 0.15) is 44.9 Å². The van der Waals surface area contributed by atoms with Crippen LogP contribution >= 0.6 is 0 Å². The topological polar surface area (TPSA) is 113 Å². The van der Waals surface area contributed by atoms with Crippen molar-refractivity contribution in [3.63, 3.8) is 0 Å². The molecule has 1 N–H and O–H groups in total. The van der Waals surface area contributed by atoms with Gasteiger partial charge < -0.3 is 19.1 Å². The highest BCUT2D eigenvalue weighted by molar-refractivity contribution is 7.86. The first-order valence-corrected chi connectivity index (χ1v) is 10.9. The lowest BCUT2D eigenvalue weighted by atomic mass is 9.52. The van der Waals surface area contributed by atoms with Crippen LogP contribution in [0.2, 0.25) is 0 Å². The van der Waals surface area contributed by atoms with Crippen LogP contribution in [0.15, 0.2) is 12.2 Å². The fraction of sp³-hybridized carbons (Fsp3) is 0.833. The van der Waals surface area contributed by atoms with Gasteiger partial charge in [-0.2, -0.15) is 17.6 Å². The zero-order chi connectivity index (χ0) is 22.6. The summed E-state index contributed by atoms with van der Waals surface area (Å²) in [5.41, 5.74) is -1.90. The van der Waals surface area contributed by atoms with E-state index in [-0.39, 0.29) is 17.4 Å². The van der Waals surface area contributed by atoms with Crippen molar-refractivity contribution in [1.29, 1.82) is 0 Å². The Morgan fingerprint density at radius 2 is 1.73 bits per heavy atom. The van der Waals surface area contributed by atoms with Crippen molar-refractivity contribution >= 4 is 16.1 Å². The van der Waals surface area contributed by atoms with Gasteiger partial charge in [-0.05, 0) is 43.9 Å². The summed E-state index contributed by atoms with van der Waals surface area (Å²) in [5, 5.41) is 4.88. The molecule has 0 saturated heterocycles. The van der Waals surface area contributed by atoms with E-state index in [0.29, 0.717) is 32.1 Å². The fourth-order valence-corrected chi connectivity index (χ4v) is 5.77. The zero-order valence-electron chi connectivity index (χ0n) is 16.0. The molecule has 0 aromatic rings. The predicted octanol–water partition coefficient (Wildman–Crippen LogP) is 2.35. The van der Waals surface area contributed by atoms with Crippen LogP contribution in [0.3, 0.4) is 0 Å². The Bertz CT molecular complexity index is 812. The molecule has 0 radical (unpaired) electrons. The quantitative estimate of drug-likeness (QED) is 0.185. The minimum atomic E-state index is -6.56. The van der Waals surface area contributed by atoms with Crippen molar-refractivity contribution in [2.75, 3.05) is 13.2 Å². The highest BCUT2D eigenvalue weighted by Gasteiger charge is 2.61. The van der Waals surface area contributed by atoms with E-state index in [2.05, 4.69) is 6.58 Å². The summed E-state index contributed by atoms with van der Waals surface area (Å²) in [7, 11) is -6.56. The second-order valence-electron chi connectivity index (χ2n) is 8.84. The van der Waals surface area contributed by atoms with Crippen LogP contribution in [-0.4, -0.2) is 59.6 Å². The highest BCUT2D eigenvalue weighted by atomic mass is 32.2. The maximum absolute atomic E-state index is 13.4. The number of hydrogen-bond donors (Lipinski definition) is 1. The molecule has 4 saturated carbocycles.